The van der Waals surface area contributed by atoms with Crippen molar-refractivity contribution in [3.05, 3.63) is 28.8 Å². The summed E-state index contributed by atoms with van der Waals surface area (Å²) in [5, 5.41) is 8.82. The van der Waals surface area contributed by atoms with Gasteiger partial charge in [0.25, 0.3) is 0 Å². The summed E-state index contributed by atoms with van der Waals surface area (Å²) in [7, 11) is -2.81. The Labute approximate surface area is 128 Å². The number of halogens is 1. The quantitative estimate of drug-likeness (QED) is 0.620. The number of hydrogen-bond acceptors (Lipinski definition) is 5. The van der Waals surface area contributed by atoms with Crippen LogP contribution in [-0.4, -0.2) is 39.0 Å². The highest BCUT2D eigenvalue weighted by atomic mass is 35.5. The van der Waals surface area contributed by atoms with E-state index in [4.69, 9.17) is 16.7 Å². The fourth-order valence-electron chi connectivity index (χ4n) is 1.32. The van der Waals surface area contributed by atoms with Crippen molar-refractivity contribution in [3.63, 3.8) is 0 Å². The van der Waals surface area contributed by atoms with Crippen LogP contribution < -0.4 is 4.72 Å². The fourth-order valence-corrected chi connectivity index (χ4v) is 2.54. The zero-order valence-corrected chi connectivity index (χ0v) is 12.8. The number of carbonyl (C=O) groups is 1. The van der Waals surface area contributed by atoms with E-state index in [1.165, 1.54) is 12.1 Å². The highest BCUT2D eigenvalue weighted by Crippen LogP contribution is 2.24. The highest BCUT2D eigenvalue weighted by molar-refractivity contribution is 7.93. The van der Waals surface area contributed by atoms with Gasteiger partial charge < -0.3 is 9.84 Å². The number of esters is 1. The maximum absolute atomic E-state index is 11.8. The summed E-state index contributed by atoms with van der Waals surface area (Å²) in [6.07, 6.45) is 0.312. The van der Waals surface area contributed by atoms with E-state index in [0.29, 0.717) is 12.0 Å². The molecule has 0 saturated carbocycles. The van der Waals surface area contributed by atoms with Crippen molar-refractivity contribution in [1.82, 2.24) is 0 Å². The predicted octanol–water partition coefficient (Wildman–Crippen LogP) is 0.989. The molecule has 21 heavy (non-hydrogen) atoms. The van der Waals surface area contributed by atoms with E-state index in [1.54, 1.807) is 6.07 Å². The Kier molecular flexibility index (Phi) is 6.49. The van der Waals surface area contributed by atoms with Gasteiger partial charge in [0, 0.05) is 12.0 Å². The maximum Gasteiger partial charge on any atom is 0.322 e. The fraction of sp³-hybridized carbons (Fsp3) is 0.308. The van der Waals surface area contributed by atoms with Crippen LogP contribution in [0.2, 0.25) is 5.02 Å². The Morgan fingerprint density at radius 2 is 2.19 bits per heavy atom. The van der Waals surface area contributed by atoms with Crippen molar-refractivity contribution in [3.8, 4) is 11.8 Å². The van der Waals surface area contributed by atoms with E-state index in [2.05, 4.69) is 21.3 Å². The molecule has 2 N–H and O–H groups in total. The lowest BCUT2D eigenvalue weighted by atomic mass is 10.2. The molecule has 0 unspecified atom stereocenters. The van der Waals surface area contributed by atoms with Crippen LogP contribution in [0.25, 0.3) is 0 Å². The molecule has 0 atom stereocenters. The number of anilines is 1. The van der Waals surface area contributed by atoms with Crippen LogP contribution in [0, 0.1) is 11.8 Å². The molecule has 0 aliphatic carbocycles. The number of rotatable bonds is 5. The Morgan fingerprint density at radius 1 is 1.48 bits per heavy atom. The molecule has 0 aliphatic rings. The zero-order valence-electron chi connectivity index (χ0n) is 11.2. The molecule has 0 aliphatic heterocycles. The summed E-state index contributed by atoms with van der Waals surface area (Å²) < 4.78 is 30.0. The van der Waals surface area contributed by atoms with Crippen LogP contribution >= 0.6 is 11.6 Å². The van der Waals surface area contributed by atoms with Crippen molar-refractivity contribution in [1.29, 1.82) is 0 Å². The van der Waals surface area contributed by atoms with Gasteiger partial charge in [0.2, 0.25) is 10.0 Å². The maximum atomic E-state index is 11.8. The molecule has 0 fully saturated rings. The molecule has 1 aromatic rings. The first-order valence-electron chi connectivity index (χ1n) is 5.84. The van der Waals surface area contributed by atoms with E-state index in [-0.39, 0.29) is 17.3 Å². The van der Waals surface area contributed by atoms with Crippen molar-refractivity contribution in [2.24, 2.45) is 0 Å². The van der Waals surface area contributed by atoms with Crippen LogP contribution in [-0.2, 0) is 19.6 Å². The first-order valence-corrected chi connectivity index (χ1v) is 7.87. The first kappa shape index (κ1) is 17.3. The Bertz CT molecular complexity index is 676. The molecule has 0 spiro atoms. The van der Waals surface area contributed by atoms with Gasteiger partial charge in [-0.3, -0.25) is 9.52 Å². The van der Waals surface area contributed by atoms with E-state index in [0.717, 1.165) is 7.11 Å². The third-order valence-electron chi connectivity index (χ3n) is 2.24. The van der Waals surface area contributed by atoms with Gasteiger partial charge in [0.05, 0.1) is 24.4 Å². The summed E-state index contributed by atoms with van der Waals surface area (Å²) >= 11 is 5.90. The van der Waals surface area contributed by atoms with Crippen molar-refractivity contribution >= 4 is 33.3 Å². The van der Waals surface area contributed by atoms with E-state index in [9.17, 15) is 13.2 Å². The lowest BCUT2D eigenvalue weighted by Gasteiger charge is -2.09. The second kappa shape index (κ2) is 7.88. The van der Waals surface area contributed by atoms with Gasteiger partial charge in [-0.2, -0.15) is 0 Å². The summed E-state index contributed by atoms with van der Waals surface area (Å²) in [6.45, 7) is -0.0563. The van der Waals surface area contributed by atoms with Gasteiger partial charge in [-0.15, -0.1) is 0 Å². The summed E-state index contributed by atoms with van der Waals surface area (Å²) in [5.41, 5.74) is 0.653. The molecule has 6 nitrogen and oxygen atoms in total. The number of nitrogens with one attached hydrogen (secondary N) is 1. The Hall–Kier alpha value is -1.75. The second-order valence-electron chi connectivity index (χ2n) is 3.91. The van der Waals surface area contributed by atoms with Crippen LogP contribution in [0.4, 0.5) is 5.69 Å². The van der Waals surface area contributed by atoms with Crippen LogP contribution in [0.5, 0.6) is 0 Å². The number of ether oxygens (including phenoxy) is 1. The summed E-state index contributed by atoms with van der Waals surface area (Å²) in [4.78, 5) is 11.0. The van der Waals surface area contributed by atoms with Gasteiger partial charge in [0.1, 0.15) is 0 Å². The molecular weight excluding hydrogens is 318 g/mol. The van der Waals surface area contributed by atoms with Crippen molar-refractivity contribution in [2.45, 2.75) is 6.42 Å². The van der Waals surface area contributed by atoms with Gasteiger partial charge in [-0.1, -0.05) is 23.4 Å². The number of aliphatic hydroxyl groups excluding tert-OH is 1. The van der Waals surface area contributed by atoms with E-state index < -0.39 is 21.7 Å². The minimum Gasteiger partial charge on any atom is -0.468 e. The largest absolute Gasteiger partial charge is 0.468 e. The van der Waals surface area contributed by atoms with Crippen LogP contribution in [0.15, 0.2) is 18.2 Å². The molecule has 0 amide bonds. The Balaban J connectivity index is 2.95. The van der Waals surface area contributed by atoms with Gasteiger partial charge in [-0.05, 0) is 18.2 Å². The van der Waals surface area contributed by atoms with Crippen LogP contribution in [0.1, 0.15) is 12.0 Å². The highest BCUT2D eigenvalue weighted by Gasteiger charge is 2.18. The van der Waals surface area contributed by atoms with E-state index >= 15 is 0 Å². The minimum absolute atomic E-state index is 0.0563. The van der Waals surface area contributed by atoms with Crippen molar-refractivity contribution in [2.75, 3.05) is 24.2 Å². The predicted molar refractivity (Wildman–Crippen MR) is 79.5 cm³/mol. The Morgan fingerprint density at radius 3 is 2.81 bits per heavy atom. The number of aliphatic hydroxyl groups is 1. The third kappa shape index (κ3) is 6.04. The van der Waals surface area contributed by atoms with Gasteiger partial charge >= 0.3 is 5.97 Å². The molecule has 0 bridgehead atoms. The summed E-state index contributed by atoms with van der Waals surface area (Å²) in [6, 6.07) is 4.55. The lowest BCUT2D eigenvalue weighted by molar-refractivity contribution is -0.137. The summed E-state index contributed by atoms with van der Waals surface area (Å²) in [5.74, 6) is 3.78. The van der Waals surface area contributed by atoms with Gasteiger partial charge in [0.15, 0.2) is 5.75 Å². The molecule has 0 saturated heterocycles. The number of sulfonamides is 1. The topological polar surface area (TPSA) is 92.7 Å². The molecule has 114 valence electrons. The second-order valence-corrected chi connectivity index (χ2v) is 6.04. The monoisotopic (exact) mass is 331 g/mol. The first-order chi connectivity index (χ1) is 9.88. The number of carbonyl (C=O) groups excluding carboxylic acids is 1. The smallest absolute Gasteiger partial charge is 0.322 e. The average Bonchev–Trinajstić information content (AvgIpc) is 2.41. The molecule has 1 aromatic carbocycles. The number of benzene rings is 1. The molecule has 0 aromatic heterocycles. The van der Waals surface area contributed by atoms with Crippen molar-refractivity contribution < 1.29 is 23.1 Å². The average molecular weight is 332 g/mol. The zero-order chi connectivity index (χ0) is 15.9. The standard InChI is InChI=1S/C13H14ClNO5S/c1-20-13(17)9-21(18,19)15-12-8-10(4-2-3-7-16)5-6-11(12)14/h5-6,8,15-16H,3,7,9H2,1H3. The van der Waals surface area contributed by atoms with Crippen LogP contribution in [0.3, 0.4) is 0 Å². The molecular formula is C13H14ClNO5S. The molecule has 0 radical (unpaired) electrons. The van der Waals surface area contributed by atoms with Gasteiger partial charge in [-0.25, -0.2) is 8.42 Å². The molecule has 8 heteroatoms. The van der Waals surface area contributed by atoms with E-state index in [1.807, 2.05) is 0 Å². The third-order valence-corrected chi connectivity index (χ3v) is 3.71. The molecule has 0 heterocycles. The lowest BCUT2D eigenvalue weighted by Crippen LogP contribution is -2.23. The minimum atomic E-state index is -3.91. The molecule has 1 rings (SSSR count). The normalized spacial score (nSPS) is 10.4. The number of hydrogen-bond donors (Lipinski definition) is 2. The number of methoxy groups -OCH3 is 1. The SMILES string of the molecule is COC(=O)CS(=O)(=O)Nc1cc(C#CCCO)ccc1Cl.